The summed E-state index contributed by atoms with van der Waals surface area (Å²) in [6.45, 7) is 5.26. The van der Waals surface area contributed by atoms with Gasteiger partial charge < -0.3 is 5.32 Å². The average molecular weight is 313 g/mol. The molecule has 0 spiro atoms. The summed E-state index contributed by atoms with van der Waals surface area (Å²) in [5.41, 5.74) is 0.112. The molecule has 8 heteroatoms. The molecule has 1 aliphatic heterocycles. The van der Waals surface area contributed by atoms with Crippen LogP contribution in [-0.4, -0.2) is 37.3 Å². The van der Waals surface area contributed by atoms with Crippen LogP contribution in [0.2, 0.25) is 0 Å². The number of hydrogen-bond donors (Lipinski definition) is 1. The normalized spacial score (nSPS) is 19.6. The molecule has 0 aromatic heterocycles. The molecule has 0 amide bonds. The van der Waals surface area contributed by atoms with E-state index in [2.05, 4.69) is 5.32 Å². The average Bonchev–Trinajstić information content (AvgIpc) is 2.86. The molecule has 2 rings (SSSR count). The SMILES string of the molecule is CCNc1ccc(S(=O)(=O)N2CCC(C)C2)cc1[N+](=O)[O-]. The second kappa shape index (κ2) is 5.98. The topological polar surface area (TPSA) is 92.6 Å². The van der Waals surface area contributed by atoms with Crippen LogP contribution in [0, 0.1) is 16.0 Å². The third-order valence-electron chi connectivity index (χ3n) is 3.56. The molecule has 1 aromatic carbocycles. The van der Waals surface area contributed by atoms with Gasteiger partial charge in [-0.25, -0.2) is 8.42 Å². The van der Waals surface area contributed by atoms with E-state index in [0.29, 0.717) is 31.2 Å². The summed E-state index contributed by atoms with van der Waals surface area (Å²) in [6.07, 6.45) is 0.816. The molecule has 1 atom stereocenters. The Bertz CT molecular complexity index is 645. The number of nitro groups is 1. The van der Waals surface area contributed by atoms with Crippen molar-refractivity contribution in [1.82, 2.24) is 4.31 Å². The second-order valence-electron chi connectivity index (χ2n) is 5.22. The maximum Gasteiger partial charge on any atom is 0.293 e. The molecule has 7 nitrogen and oxygen atoms in total. The number of nitrogens with zero attached hydrogens (tertiary/aromatic N) is 2. The molecule has 1 fully saturated rings. The first-order valence-corrected chi connectivity index (χ1v) is 8.32. The molecule has 1 heterocycles. The monoisotopic (exact) mass is 313 g/mol. The second-order valence-corrected chi connectivity index (χ2v) is 7.16. The Morgan fingerprint density at radius 2 is 2.19 bits per heavy atom. The van der Waals surface area contributed by atoms with Crippen molar-refractivity contribution in [1.29, 1.82) is 0 Å². The van der Waals surface area contributed by atoms with Crippen molar-refractivity contribution in [2.75, 3.05) is 25.0 Å². The molecule has 116 valence electrons. The van der Waals surface area contributed by atoms with Gasteiger partial charge in [-0.1, -0.05) is 6.92 Å². The largest absolute Gasteiger partial charge is 0.380 e. The summed E-state index contributed by atoms with van der Waals surface area (Å²) in [7, 11) is -3.66. The van der Waals surface area contributed by atoms with Crippen LogP contribution < -0.4 is 5.32 Å². The Hall–Kier alpha value is -1.67. The van der Waals surface area contributed by atoms with Crippen LogP contribution in [0.4, 0.5) is 11.4 Å². The Labute approximate surface area is 124 Å². The van der Waals surface area contributed by atoms with Crippen LogP contribution in [0.25, 0.3) is 0 Å². The van der Waals surface area contributed by atoms with Crippen LogP contribution >= 0.6 is 0 Å². The van der Waals surface area contributed by atoms with Crippen LogP contribution in [0.1, 0.15) is 20.3 Å². The van der Waals surface area contributed by atoms with E-state index in [1.165, 1.54) is 16.4 Å². The molecule has 1 aromatic rings. The summed E-state index contributed by atoms with van der Waals surface area (Å²) >= 11 is 0. The van der Waals surface area contributed by atoms with Crippen molar-refractivity contribution in [3.63, 3.8) is 0 Å². The zero-order chi connectivity index (χ0) is 15.6. The van der Waals surface area contributed by atoms with Crippen molar-refractivity contribution in [3.8, 4) is 0 Å². The van der Waals surface area contributed by atoms with Gasteiger partial charge in [-0.05, 0) is 31.4 Å². The Balaban J connectivity index is 2.40. The predicted octanol–water partition coefficient (Wildman–Crippen LogP) is 2.06. The van der Waals surface area contributed by atoms with E-state index in [9.17, 15) is 18.5 Å². The fourth-order valence-corrected chi connectivity index (χ4v) is 4.02. The first-order valence-electron chi connectivity index (χ1n) is 6.88. The van der Waals surface area contributed by atoms with Gasteiger partial charge in [0.15, 0.2) is 0 Å². The summed E-state index contributed by atoms with van der Waals surface area (Å²) < 4.78 is 26.4. The Kier molecular flexibility index (Phi) is 4.48. The number of anilines is 1. The Morgan fingerprint density at radius 1 is 1.48 bits per heavy atom. The molecular weight excluding hydrogens is 294 g/mol. The smallest absolute Gasteiger partial charge is 0.293 e. The van der Waals surface area contributed by atoms with Gasteiger partial charge in [-0.2, -0.15) is 4.31 Å². The molecular formula is C13H19N3O4S. The number of benzene rings is 1. The lowest BCUT2D eigenvalue weighted by Crippen LogP contribution is -2.28. The first-order chi connectivity index (χ1) is 9.86. The van der Waals surface area contributed by atoms with Crippen molar-refractivity contribution in [2.45, 2.75) is 25.2 Å². The molecule has 21 heavy (non-hydrogen) atoms. The van der Waals surface area contributed by atoms with Gasteiger partial charge in [0.05, 0.1) is 9.82 Å². The van der Waals surface area contributed by atoms with Crippen molar-refractivity contribution >= 4 is 21.4 Å². The molecule has 0 radical (unpaired) electrons. The third kappa shape index (κ3) is 3.16. The van der Waals surface area contributed by atoms with Gasteiger partial charge in [0.25, 0.3) is 5.69 Å². The Morgan fingerprint density at radius 3 is 2.71 bits per heavy atom. The minimum absolute atomic E-state index is 0.0232. The highest BCUT2D eigenvalue weighted by molar-refractivity contribution is 7.89. The van der Waals surface area contributed by atoms with Gasteiger partial charge in [0.2, 0.25) is 10.0 Å². The van der Waals surface area contributed by atoms with E-state index in [-0.39, 0.29) is 10.6 Å². The molecule has 1 unspecified atom stereocenters. The summed E-state index contributed by atoms with van der Waals surface area (Å²) in [5.74, 6) is 0.316. The fourth-order valence-electron chi connectivity index (χ4n) is 2.42. The van der Waals surface area contributed by atoms with Crippen LogP contribution in [-0.2, 0) is 10.0 Å². The zero-order valence-corrected chi connectivity index (χ0v) is 12.9. The van der Waals surface area contributed by atoms with E-state index < -0.39 is 14.9 Å². The summed E-state index contributed by atoms with van der Waals surface area (Å²) in [5, 5.41) is 14.0. The van der Waals surface area contributed by atoms with Gasteiger partial charge >= 0.3 is 0 Å². The summed E-state index contributed by atoms with van der Waals surface area (Å²) in [4.78, 5) is 10.5. The molecule has 0 saturated carbocycles. The quantitative estimate of drug-likeness (QED) is 0.663. The van der Waals surface area contributed by atoms with Crippen LogP contribution in [0.3, 0.4) is 0 Å². The van der Waals surface area contributed by atoms with Gasteiger partial charge in [0, 0.05) is 25.7 Å². The minimum Gasteiger partial charge on any atom is -0.380 e. The van der Waals surface area contributed by atoms with E-state index in [0.717, 1.165) is 12.5 Å². The molecule has 0 bridgehead atoms. The molecule has 0 aliphatic carbocycles. The number of nitrogens with one attached hydrogen (secondary N) is 1. The highest BCUT2D eigenvalue weighted by Crippen LogP contribution is 2.30. The van der Waals surface area contributed by atoms with Crippen molar-refractivity contribution < 1.29 is 13.3 Å². The van der Waals surface area contributed by atoms with E-state index >= 15 is 0 Å². The molecule has 1 N–H and O–H groups in total. The number of rotatable bonds is 5. The number of hydrogen-bond acceptors (Lipinski definition) is 5. The maximum absolute atomic E-state index is 12.5. The van der Waals surface area contributed by atoms with Crippen LogP contribution in [0.15, 0.2) is 23.1 Å². The lowest BCUT2D eigenvalue weighted by Gasteiger charge is -2.16. The zero-order valence-electron chi connectivity index (χ0n) is 12.1. The van der Waals surface area contributed by atoms with Gasteiger partial charge in [-0.15, -0.1) is 0 Å². The van der Waals surface area contributed by atoms with Crippen molar-refractivity contribution in [3.05, 3.63) is 28.3 Å². The third-order valence-corrected chi connectivity index (χ3v) is 5.42. The summed E-state index contributed by atoms with van der Waals surface area (Å²) in [6, 6.07) is 4.01. The highest BCUT2D eigenvalue weighted by atomic mass is 32.2. The predicted molar refractivity (Wildman–Crippen MR) is 79.8 cm³/mol. The van der Waals surface area contributed by atoms with E-state index in [1.807, 2.05) is 13.8 Å². The number of sulfonamides is 1. The first kappa shape index (κ1) is 15.7. The van der Waals surface area contributed by atoms with E-state index in [4.69, 9.17) is 0 Å². The van der Waals surface area contributed by atoms with Gasteiger partial charge in [-0.3, -0.25) is 10.1 Å². The maximum atomic E-state index is 12.5. The standard InChI is InChI=1S/C13H19N3O4S/c1-3-14-12-5-4-11(8-13(12)16(17)18)21(19,20)15-7-6-10(2)9-15/h4-5,8,10,14H,3,6-7,9H2,1-2H3. The number of nitro benzene ring substituents is 1. The van der Waals surface area contributed by atoms with Crippen LogP contribution in [0.5, 0.6) is 0 Å². The molecule has 1 saturated heterocycles. The highest BCUT2D eigenvalue weighted by Gasteiger charge is 2.32. The van der Waals surface area contributed by atoms with E-state index in [1.54, 1.807) is 0 Å². The lowest BCUT2D eigenvalue weighted by molar-refractivity contribution is -0.384. The molecule has 1 aliphatic rings. The minimum atomic E-state index is -3.66. The van der Waals surface area contributed by atoms with Gasteiger partial charge in [0.1, 0.15) is 5.69 Å². The fraction of sp³-hybridized carbons (Fsp3) is 0.538. The van der Waals surface area contributed by atoms with Crippen molar-refractivity contribution in [2.24, 2.45) is 5.92 Å². The lowest BCUT2D eigenvalue weighted by atomic mass is 10.2.